The second-order valence-corrected chi connectivity index (χ2v) is 7.29. The fourth-order valence-corrected chi connectivity index (χ4v) is 3.89. The molecule has 0 aliphatic carbocycles. The Hall–Kier alpha value is -2.07. The first-order valence-electron chi connectivity index (χ1n) is 8.36. The maximum absolute atomic E-state index is 14.1. The number of fused-ring (bicyclic) bond motifs is 1. The van der Waals surface area contributed by atoms with E-state index in [1.807, 2.05) is 30.3 Å². The Balaban J connectivity index is 2.01. The number of carboxylic acid groups (broad SMARTS) is 1. The van der Waals surface area contributed by atoms with Crippen molar-refractivity contribution in [3.05, 3.63) is 63.4 Å². The van der Waals surface area contributed by atoms with Gasteiger partial charge in [0, 0.05) is 23.6 Å². The summed E-state index contributed by atoms with van der Waals surface area (Å²) in [4.78, 5) is 10.9. The van der Waals surface area contributed by atoms with Gasteiger partial charge >= 0.3 is 5.97 Å². The van der Waals surface area contributed by atoms with Gasteiger partial charge in [0.2, 0.25) is 0 Å². The number of carboxylic acids is 1. The molecule has 5 heteroatoms. The molecule has 1 atom stereocenters. The molecule has 0 amide bonds. The van der Waals surface area contributed by atoms with E-state index in [-0.39, 0.29) is 12.2 Å². The Morgan fingerprint density at radius 1 is 1.28 bits per heavy atom. The van der Waals surface area contributed by atoms with Crippen molar-refractivity contribution in [1.82, 2.24) is 0 Å². The van der Waals surface area contributed by atoms with Crippen LogP contribution >= 0.6 is 11.6 Å². The van der Waals surface area contributed by atoms with Crippen LogP contribution in [0.2, 0.25) is 5.02 Å². The molecule has 3 rings (SSSR count). The van der Waals surface area contributed by atoms with E-state index in [9.17, 15) is 9.18 Å². The van der Waals surface area contributed by atoms with Gasteiger partial charge in [-0.3, -0.25) is 4.79 Å². The molecule has 0 bridgehead atoms. The lowest BCUT2D eigenvalue weighted by Gasteiger charge is -2.32. The Morgan fingerprint density at radius 3 is 2.60 bits per heavy atom. The number of aryl methyl sites for hydroxylation is 2. The zero-order chi connectivity index (χ0) is 18.2. The highest BCUT2D eigenvalue weighted by Crippen LogP contribution is 2.44. The van der Waals surface area contributed by atoms with Crippen molar-refractivity contribution in [1.29, 1.82) is 0 Å². The summed E-state index contributed by atoms with van der Waals surface area (Å²) < 4.78 is 14.1. The highest BCUT2D eigenvalue weighted by molar-refractivity contribution is 6.30. The van der Waals surface area contributed by atoms with Crippen LogP contribution in [-0.4, -0.2) is 11.1 Å². The third-order valence-electron chi connectivity index (χ3n) is 4.92. The highest BCUT2D eigenvalue weighted by Gasteiger charge is 2.38. The topological polar surface area (TPSA) is 49.3 Å². The van der Waals surface area contributed by atoms with Gasteiger partial charge in [-0.05, 0) is 67.1 Å². The average Bonchev–Trinajstić information content (AvgIpc) is 2.90. The molecular formula is C20H21ClFNO2. The molecule has 132 valence electrons. The summed E-state index contributed by atoms with van der Waals surface area (Å²) in [5.74, 6) is -0.997. The average molecular weight is 362 g/mol. The lowest BCUT2D eigenvalue weighted by molar-refractivity contribution is -0.137. The van der Waals surface area contributed by atoms with Crippen LogP contribution in [0.15, 0.2) is 30.3 Å². The largest absolute Gasteiger partial charge is 0.481 e. The molecule has 2 N–H and O–H groups in total. The van der Waals surface area contributed by atoms with E-state index in [0.717, 1.165) is 16.8 Å². The molecule has 1 heterocycles. The molecule has 0 fully saturated rings. The van der Waals surface area contributed by atoms with Gasteiger partial charge < -0.3 is 10.4 Å². The van der Waals surface area contributed by atoms with Gasteiger partial charge in [0.15, 0.2) is 0 Å². The maximum Gasteiger partial charge on any atom is 0.303 e. The molecule has 2 aromatic rings. The summed E-state index contributed by atoms with van der Waals surface area (Å²) in [5.41, 5.74) is 3.85. The zero-order valence-electron chi connectivity index (χ0n) is 14.3. The number of anilines is 1. The summed E-state index contributed by atoms with van der Waals surface area (Å²) in [7, 11) is 0. The van der Waals surface area contributed by atoms with Crippen LogP contribution in [0.4, 0.5) is 10.1 Å². The number of benzene rings is 2. The van der Waals surface area contributed by atoms with Gasteiger partial charge in [-0.2, -0.15) is 0 Å². The van der Waals surface area contributed by atoms with Crippen molar-refractivity contribution in [2.24, 2.45) is 0 Å². The molecule has 1 aliphatic heterocycles. The van der Waals surface area contributed by atoms with E-state index in [2.05, 4.69) is 5.32 Å². The van der Waals surface area contributed by atoms with Gasteiger partial charge in [-0.25, -0.2) is 4.39 Å². The van der Waals surface area contributed by atoms with Gasteiger partial charge in [0.25, 0.3) is 0 Å². The molecule has 1 aliphatic rings. The minimum Gasteiger partial charge on any atom is -0.481 e. The number of nitrogens with one attached hydrogen (secondary N) is 1. The van der Waals surface area contributed by atoms with Crippen LogP contribution in [0.25, 0.3) is 0 Å². The quantitative estimate of drug-likeness (QED) is 0.768. The normalized spacial score (nSPS) is 18.7. The van der Waals surface area contributed by atoms with Crippen LogP contribution in [0.3, 0.4) is 0 Å². The van der Waals surface area contributed by atoms with Crippen molar-refractivity contribution in [3.8, 4) is 0 Å². The fourth-order valence-electron chi connectivity index (χ4n) is 3.69. The third-order valence-corrected chi connectivity index (χ3v) is 5.15. The summed E-state index contributed by atoms with van der Waals surface area (Å²) in [6.45, 7) is 3.52. The minimum absolute atomic E-state index is 0.111. The van der Waals surface area contributed by atoms with Gasteiger partial charge in [-0.1, -0.05) is 23.7 Å². The van der Waals surface area contributed by atoms with Crippen LogP contribution < -0.4 is 5.32 Å². The first-order valence-corrected chi connectivity index (χ1v) is 8.74. The van der Waals surface area contributed by atoms with E-state index in [4.69, 9.17) is 16.7 Å². The molecule has 0 spiro atoms. The molecule has 0 aromatic heterocycles. The molecule has 0 saturated carbocycles. The Kier molecular flexibility index (Phi) is 4.74. The number of carbonyl (C=O) groups is 1. The second kappa shape index (κ2) is 6.68. The maximum atomic E-state index is 14.1. The predicted molar refractivity (Wildman–Crippen MR) is 97.8 cm³/mol. The second-order valence-electron chi connectivity index (χ2n) is 6.86. The number of rotatable bonds is 5. The van der Waals surface area contributed by atoms with E-state index in [1.165, 1.54) is 0 Å². The molecule has 0 saturated heterocycles. The fraction of sp³-hybridized carbons (Fsp3) is 0.350. The monoisotopic (exact) mass is 361 g/mol. The lowest BCUT2D eigenvalue weighted by Crippen LogP contribution is -2.33. The first-order chi connectivity index (χ1) is 11.8. The summed E-state index contributed by atoms with van der Waals surface area (Å²) in [6, 6.07) is 9.45. The van der Waals surface area contributed by atoms with Crippen molar-refractivity contribution in [2.75, 3.05) is 5.32 Å². The van der Waals surface area contributed by atoms with E-state index >= 15 is 0 Å². The SMILES string of the molecule is Cc1cc(C2(CCCC(=O)O)Cc3cc(Cl)ccc3N2)cc(C)c1F. The van der Waals surface area contributed by atoms with E-state index in [0.29, 0.717) is 35.4 Å². The Labute approximate surface area is 151 Å². The summed E-state index contributed by atoms with van der Waals surface area (Å²) in [5, 5.41) is 13.2. The van der Waals surface area contributed by atoms with Crippen molar-refractivity contribution in [3.63, 3.8) is 0 Å². The van der Waals surface area contributed by atoms with Crippen LogP contribution in [0.1, 0.15) is 41.5 Å². The summed E-state index contributed by atoms with van der Waals surface area (Å²) >= 11 is 6.12. The summed E-state index contributed by atoms with van der Waals surface area (Å²) in [6.07, 6.45) is 2.00. The number of halogens is 2. The van der Waals surface area contributed by atoms with E-state index < -0.39 is 11.5 Å². The number of hydrogen-bond acceptors (Lipinski definition) is 2. The van der Waals surface area contributed by atoms with Crippen LogP contribution in [0.5, 0.6) is 0 Å². The van der Waals surface area contributed by atoms with Gasteiger partial charge in [-0.15, -0.1) is 0 Å². The standard InChI is InChI=1S/C20H21ClFNO2/c1-12-8-15(9-13(2)19(12)22)20(7-3-4-18(24)25)11-14-10-16(21)5-6-17(14)23-20/h5-6,8-10,23H,3-4,7,11H2,1-2H3,(H,24,25). The zero-order valence-corrected chi connectivity index (χ0v) is 15.1. The first kappa shape index (κ1) is 17.7. The Morgan fingerprint density at radius 2 is 1.96 bits per heavy atom. The predicted octanol–water partition coefficient (Wildman–Crippen LogP) is 5.21. The minimum atomic E-state index is -0.805. The van der Waals surface area contributed by atoms with Gasteiger partial charge in [0.05, 0.1) is 5.54 Å². The van der Waals surface area contributed by atoms with Crippen molar-refractivity contribution >= 4 is 23.3 Å². The number of hydrogen-bond donors (Lipinski definition) is 2. The molecule has 3 nitrogen and oxygen atoms in total. The van der Waals surface area contributed by atoms with Crippen LogP contribution in [0, 0.1) is 19.7 Å². The smallest absolute Gasteiger partial charge is 0.303 e. The molecular weight excluding hydrogens is 341 g/mol. The molecule has 1 unspecified atom stereocenters. The lowest BCUT2D eigenvalue weighted by atomic mass is 9.81. The van der Waals surface area contributed by atoms with Crippen LogP contribution in [-0.2, 0) is 16.8 Å². The molecule has 2 aromatic carbocycles. The van der Waals surface area contributed by atoms with Crippen molar-refractivity contribution in [2.45, 2.75) is 45.1 Å². The molecule has 0 radical (unpaired) electrons. The Bertz CT molecular complexity index is 813. The highest BCUT2D eigenvalue weighted by atomic mass is 35.5. The molecule has 25 heavy (non-hydrogen) atoms. The number of aliphatic carboxylic acids is 1. The van der Waals surface area contributed by atoms with E-state index in [1.54, 1.807) is 13.8 Å². The van der Waals surface area contributed by atoms with Gasteiger partial charge in [0.1, 0.15) is 5.82 Å². The van der Waals surface area contributed by atoms with Crippen molar-refractivity contribution < 1.29 is 14.3 Å². The third kappa shape index (κ3) is 3.49.